The molecule has 0 unspecified atom stereocenters. The number of phenols is 1. The zero-order chi connectivity index (χ0) is 19.6. The zero-order valence-electron chi connectivity index (χ0n) is 15.1. The Bertz CT molecular complexity index is 907. The first-order valence-corrected chi connectivity index (χ1v) is 9.65. The van der Waals surface area contributed by atoms with Crippen molar-refractivity contribution in [3.8, 4) is 5.75 Å². The van der Waals surface area contributed by atoms with Crippen LogP contribution in [0.1, 0.15) is 50.7 Å². The molecule has 0 radical (unpaired) electrons. The fraction of sp³-hybridized carbons (Fsp3) is 0.333. The summed E-state index contributed by atoms with van der Waals surface area (Å²) in [7, 11) is -4.00. The summed E-state index contributed by atoms with van der Waals surface area (Å²) in [6.07, 6.45) is 0. The minimum Gasteiger partial charge on any atom is -0.507 e. The van der Waals surface area contributed by atoms with Gasteiger partial charge in [0.2, 0.25) is 0 Å². The topological polar surface area (TPSA) is 110 Å². The molecule has 140 valence electrons. The first-order valence-electron chi connectivity index (χ1n) is 8.17. The van der Waals surface area contributed by atoms with Crippen LogP contribution in [-0.4, -0.2) is 18.4 Å². The summed E-state index contributed by atoms with van der Waals surface area (Å²) in [5.74, 6) is 0.151. The van der Waals surface area contributed by atoms with Crippen LogP contribution in [0.5, 0.6) is 5.75 Å². The van der Waals surface area contributed by atoms with E-state index in [1.54, 1.807) is 12.1 Å². The van der Waals surface area contributed by atoms with Gasteiger partial charge in [-0.25, -0.2) is 8.42 Å². The molecule has 0 aliphatic rings. The Morgan fingerprint density at radius 2 is 1.58 bits per heavy atom. The zero-order valence-corrected chi connectivity index (χ0v) is 15.9. The van der Waals surface area contributed by atoms with Crippen molar-refractivity contribution >= 4 is 21.4 Å². The van der Waals surface area contributed by atoms with E-state index < -0.39 is 14.9 Å². The molecule has 26 heavy (non-hydrogen) atoms. The second kappa shape index (κ2) is 7.33. The molecular formula is C18H22N2O5S. The van der Waals surface area contributed by atoms with E-state index in [4.69, 9.17) is 0 Å². The Labute approximate surface area is 152 Å². The molecule has 0 fully saturated rings. The van der Waals surface area contributed by atoms with Crippen LogP contribution in [0.3, 0.4) is 0 Å². The van der Waals surface area contributed by atoms with Gasteiger partial charge >= 0.3 is 0 Å². The predicted octanol–water partition coefficient (Wildman–Crippen LogP) is 4.35. The number of anilines is 1. The lowest BCUT2D eigenvalue weighted by molar-refractivity contribution is -0.385. The maximum atomic E-state index is 12.6. The molecule has 0 aromatic heterocycles. The standard InChI is InChI=1S/C18H22N2O5S/c1-11(2)16-8-13(9-17(12(3)4)18(16)21)19-26(24,25)15-7-5-6-14(10-15)20(22)23/h5-12,19,21H,1-4H3. The van der Waals surface area contributed by atoms with Crippen LogP contribution in [-0.2, 0) is 10.0 Å². The lowest BCUT2D eigenvalue weighted by atomic mass is 9.93. The number of nitro benzene ring substituents is 1. The molecule has 0 aliphatic carbocycles. The SMILES string of the molecule is CC(C)c1cc(NS(=O)(=O)c2cccc([N+](=O)[O-])c2)cc(C(C)C)c1O. The minimum absolute atomic E-state index is 0.00485. The first kappa shape index (κ1) is 19.7. The molecule has 0 aliphatic heterocycles. The third kappa shape index (κ3) is 4.13. The predicted molar refractivity (Wildman–Crippen MR) is 100 cm³/mol. The van der Waals surface area contributed by atoms with Crippen molar-refractivity contribution in [3.05, 3.63) is 57.6 Å². The number of nitrogens with one attached hydrogen (secondary N) is 1. The average molecular weight is 378 g/mol. The molecule has 2 aromatic carbocycles. The molecule has 0 saturated carbocycles. The van der Waals surface area contributed by atoms with E-state index in [2.05, 4.69) is 4.72 Å². The van der Waals surface area contributed by atoms with Gasteiger partial charge in [0.1, 0.15) is 5.75 Å². The number of benzene rings is 2. The third-order valence-corrected chi connectivity index (χ3v) is 5.38. The fourth-order valence-electron chi connectivity index (χ4n) is 2.60. The largest absolute Gasteiger partial charge is 0.507 e. The highest BCUT2D eigenvalue weighted by atomic mass is 32.2. The number of non-ortho nitro benzene ring substituents is 1. The van der Waals surface area contributed by atoms with Crippen LogP contribution >= 0.6 is 0 Å². The number of rotatable bonds is 6. The monoisotopic (exact) mass is 378 g/mol. The van der Waals surface area contributed by atoms with Crippen LogP contribution in [0, 0.1) is 10.1 Å². The number of phenolic OH excluding ortho intramolecular Hbond substituents is 1. The highest BCUT2D eigenvalue weighted by Gasteiger charge is 2.21. The highest BCUT2D eigenvalue weighted by molar-refractivity contribution is 7.92. The van der Waals surface area contributed by atoms with Crippen molar-refractivity contribution in [1.82, 2.24) is 0 Å². The maximum Gasteiger partial charge on any atom is 0.270 e. The fourth-order valence-corrected chi connectivity index (χ4v) is 3.68. The van der Waals surface area contributed by atoms with E-state index >= 15 is 0 Å². The molecule has 2 N–H and O–H groups in total. The maximum absolute atomic E-state index is 12.6. The normalized spacial score (nSPS) is 11.8. The average Bonchev–Trinajstić information content (AvgIpc) is 2.55. The summed E-state index contributed by atoms with van der Waals surface area (Å²) in [5.41, 5.74) is 1.27. The van der Waals surface area contributed by atoms with E-state index in [0.717, 1.165) is 6.07 Å². The number of nitro groups is 1. The molecule has 0 bridgehead atoms. The summed E-state index contributed by atoms with van der Waals surface area (Å²) in [4.78, 5) is 10.0. The molecule has 0 saturated heterocycles. The minimum atomic E-state index is -4.00. The van der Waals surface area contributed by atoms with Crippen molar-refractivity contribution < 1.29 is 18.4 Å². The molecule has 2 aromatic rings. The molecule has 0 atom stereocenters. The van der Waals surface area contributed by atoms with E-state index in [0.29, 0.717) is 16.8 Å². The van der Waals surface area contributed by atoms with Gasteiger partial charge in [-0.2, -0.15) is 0 Å². The molecule has 0 amide bonds. The summed E-state index contributed by atoms with van der Waals surface area (Å²) in [5, 5.41) is 21.3. The number of hydrogen-bond donors (Lipinski definition) is 2. The molecule has 0 spiro atoms. The van der Waals surface area contributed by atoms with Crippen LogP contribution in [0.15, 0.2) is 41.3 Å². The quantitative estimate of drug-likeness (QED) is 0.441. The van der Waals surface area contributed by atoms with Gasteiger partial charge in [0.25, 0.3) is 15.7 Å². The summed E-state index contributed by atoms with van der Waals surface area (Å²) < 4.78 is 27.7. The summed E-state index contributed by atoms with van der Waals surface area (Å²) >= 11 is 0. The van der Waals surface area contributed by atoms with Crippen LogP contribution in [0.4, 0.5) is 11.4 Å². The number of nitrogens with zero attached hydrogens (tertiary/aromatic N) is 1. The van der Waals surface area contributed by atoms with Crippen LogP contribution < -0.4 is 4.72 Å². The van der Waals surface area contributed by atoms with Crippen LogP contribution in [0.25, 0.3) is 0 Å². The van der Waals surface area contributed by atoms with Gasteiger partial charge in [0.15, 0.2) is 0 Å². The first-order chi connectivity index (χ1) is 12.0. The molecule has 2 rings (SSSR count). The molecule has 8 heteroatoms. The molecule has 0 heterocycles. The van der Waals surface area contributed by atoms with Gasteiger partial charge in [-0.05, 0) is 41.2 Å². The van der Waals surface area contributed by atoms with Gasteiger partial charge in [-0.3, -0.25) is 14.8 Å². The number of aromatic hydroxyl groups is 1. The third-order valence-electron chi connectivity index (χ3n) is 4.00. The smallest absolute Gasteiger partial charge is 0.270 e. The second-order valence-electron chi connectivity index (χ2n) is 6.67. The van der Waals surface area contributed by atoms with Crippen molar-refractivity contribution in [3.63, 3.8) is 0 Å². The molecule has 7 nitrogen and oxygen atoms in total. The van der Waals surface area contributed by atoms with E-state index in [-0.39, 0.29) is 28.2 Å². The Kier molecular flexibility index (Phi) is 5.56. The van der Waals surface area contributed by atoms with Gasteiger partial charge in [-0.15, -0.1) is 0 Å². The Morgan fingerprint density at radius 3 is 2.04 bits per heavy atom. The van der Waals surface area contributed by atoms with Gasteiger partial charge in [-0.1, -0.05) is 33.8 Å². The Hall–Kier alpha value is -2.61. The highest BCUT2D eigenvalue weighted by Crippen LogP contribution is 2.37. The number of hydrogen-bond acceptors (Lipinski definition) is 5. The van der Waals surface area contributed by atoms with E-state index in [1.807, 2.05) is 27.7 Å². The Balaban J connectivity index is 2.50. The summed E-state index contributed by atoms with van der Waals surface area (Å²) in [6.45, 7) is 7.60. The Morgan fingerprint density at radius 1 is 1.04 bits per heavy atom. The van der Waals surface area contributed by atoms with Crippen molar-refractivity contribution in [2.75, 3.05) is 4.72 Å². The van der Waals surface area contributed by atoms with Crippen molar-refractivity contribution in [2.24, 2.45) is 0 Å². The van der Waals surface area contributed by atoms with Crippen LogP contribution in [0.2, 0.25) is 0 Å². The van der Waals surface area contributed by atoms with Gasteiger partial charge < -0.3 is 5.11 Å². The van der Waals surface area contributed by atoms with Crippen molar-refractivity contribution in [1.29, 1.82) is 0 Å². The van der Waals surface area contributed by atoms with Gasteiger partial charge in [0.05, 0.1) is 9.82 Å². The lowest BCUT2D eigenvalue weighted by Crippen LogP contribution is -2.14. The lowest BCUT2D eigenvalue weighted by Gasteiger charge is -2.18. The van der Waals surface area contributed by atoms with Gasteiger partial charge in [0, 0.05) is 17.8 Å². The molecular weight excluding hydrogens is 356 g/mol. The second-order valence-corrected chi connectivity index (χ2v) is 8.36. The summed E-state index contributed by atoms with van der Waals surface area (Å²) in [6, 6.07) is 8.02. The van der Waals surface area contributed by atoms with E-state index in [9.17, 15) is 23.6 Å². The van der Waals surface area contributed by atoms with E-state index in [1.165, 1.54) is 18.2 Å². The van der Waals surface area contributed by atoms with Crippen molar-refractivity contribution in [2.45, 2.75) is 44.4 Å². The number of sulfonamides is 1.